The van der Waals surface area contributed by atoms with Crippen molar-refractivity contribution in [1.29, 1.82) is 0 Å². The second-order valence-electron chi connectivity index (χ2n) is 3.89. The van der Waals surface area contributed by atoms with Crippen LogP contribution in [0.15, 0.2) is 30.6 Å². The smallest absolute Gasteiger partial charge is 0.258 e. The minimum Gasteiger partial charge on any atom is -0.362 e. The molecule has 0 radical (unpaired) electrons. The second kappa shape index (κ2) is 6.14. The van der Waals surface area contributed by atoms with Gasteiger partial charge in [-0.15, -0.1) is 0 Å². The van der Waals surface area contributed by atoms with Crippen LogP contribution >= 0.6 is 12.2 Å². The fourth-order valence-electron chi connectivity index (χ4n) is 1.66. The lowest BCUT2D eigenvalue weighted by Crippen LogP contribution is -2.47. The van der Waals surface area contributed by atoms with E-state index in [9.17, 15) is 4.79 Å². The molecular weight excluding hydrogens is 262 g/mol. The van der Waals surface area contributed by atoms with Gasteiger partial charge in [-0.3, -0.25) is 15.6 Å². The number of aromatic nitrogens is 2. The molecule has 0 saturated carbocycles. The fraction of sp³-hybridized carbons (Fsp3) is 0.250. The number of thiocarbonyl (C=S) groups is 1. The summed E-state index contributed by atoms with van der Waals surface area (Å²) in [5.74, 6) is -0.191. The van der Waals surface area contributed by atoms with Crippen molar-refractivity contribution in [2.45, 2.75) is 13.5 Å². The van der Waals surface area contributed by atoms with Crippen molar-refractivity contribution < 1.29 is 4.79 Å². The van der Waals surface area contributed by atoms with Crippen LogP contribution in [-0.4, -0.2) is 27.1 Å². The predicted octanol–water partition coefficient (Wildman–Crippen LogP) is 0.552. The van der Waals surface area contributed by atoms with Crippen LogP contribution in [0.1, 0.15) is 6.92 Å². The van der Waals surface area contributed by atoms with Crippen LogP contribution in [-0.2, 0) is 11.3 Å². The lowest BCUT2D eigenvalue weighted by molar-refractivity contribution is -0.122. The first-order valence-corrected chi connectivity index (χ1v) is 6.34. The molecule has 0 spiro atoms. The van der Waals surface area contributed by atoms with E-state index in [0.29, 0.717) is 11.7 Å². The van der Waals surface area contributed by atoms with E-state index in [1.807, 2.05) is 31.2 Å². The topological polar surface area (TPSA) is 71.0 Å². The fourth-order valence-corrected chi connectivity index (χ4v) is 1.86. The summed E-state index contributed by atoms with van der Waals surface area (Å²) in [7, 11) is 0. The predicted molar refractivity (Wildman–Crippen MR) is 77.3 cm³/mol. The van der Waals surface area contributed by atoms with Crippen LogP contribution < -0.4 is 16.2 Å². The van der Waals surface area contributed by atoms with Crippen molar-refractivity contribution in [2.24, 2.45) is 0 Å². The van der Waals surface area contributed by atoms with Gasteiger partial charge in [0, 0.05) is 6.54 Å². The van der Waals surface area contributed by atoms with Gasteiger partial charge in [-0.2, -0.15) is 0 Å². The van der Waals surface area contributed by atoms with Crippen molar-refractivity contribution in [3.05, 3.63) is 30.6 Å². The maximum absolute atomic E-state index is 11.8. The van der Waals surface area contributed by atoms with Gasteiger partial charge < -0.3 is 9.88 Å². The van der Waals surface area contributed by atoms with Crippen LogP contribution in [0.3, 0.4) is 0 Å². The van der Waals surface area contributed by atoms with Gasteiger partial charge in [0.15, 0.2) is 5.11 Å². The highest BCUT2D eigenvalue weighted by Gasteiger charge is 2.06. The summed E-state index contributed by atoms with van der Waals surface area (Å²) in [5, 5.41) is 3.27. The third-order valence-corrected chi connectivity index (χ3v) is 2.74. The SMILES string of the molecule is CCNC(=S)NNC(=O)Cn1cnc2ccccc21. The highest BCUT2D eigenvalue weighted by molar-refractivity contribution is 7.80. The normalized spacial score (nSPS) is 10.2. The maximum atomic E-state index is 11.8. The molecule has 1 heterocycles. The largest absolute Gasteiger partial charge is 0.362 e. The van der Waals surface area contributed by atoms with E-state index in [2.05, 4.69) is 21.2 Å². The number of hydrogen-bond acceptors (Lipinski definition) is 3. The summed E-state index contributed by atoms with van der Waals surface area (Å²) in [6.07, 6.45) is 1.65. The number of imidazole rings is 1. The standard InChI is InChI=1S/C12H15N5OS/c1-2-13-12(19)16-15-11(18)7-17-8-14-9-5-3-4-6-10(9)17/h3-6,8H,2,7H2,1H3,(H,15,18)(H2,13,16,19). The molecule has 0 aliphatic heterocycles. The molecule has 1 aromatic carbocycles. The summed E-state index contributed by atoms with van der Waals surface area (Å²) in [5.41, 5.74) is 6.95. The quantitative estimate of drug-likeness (QED) is 0.564. The van der Waals surface area contributed by atoms with Crippen LogP contribution in [0.2, 0.25) is 0 Å². The highest BCUT2D eigenvalue weighted by Crippen LogP contribution is 2.10. The Kier molecular flexibility index (Phi) is 4.30. The van der Waals surface area contributed by atoms with Gasteiger partial charge in [0.2, 0.25) is 0 Å². The Hall–Kier alpha value is -2.15. The number of para-hydroxylation sites is 2. The molecule has 0 aliphatic rings. The van der Waals surface area contributed by atoms with E-state index in [1.54, 1.807) is 10.9 Å². The molecule has 1 aromatic heterocycles. The van der Waals surface area contributed by atoms with Crippen LogP contribution in [0.5, 0.6) is 0 Å². The minimum absolute atomic E-state index is 0.183. The lowest BCUT2D eigenvalue weighted by Gasteiger charge is -2.10. The monoisotopic (exact) mass is 277 g/mol. The number of amides is 1. The molecule has 1 amide bonds. The van der Waals surface area contributed by atoms with E-state index in [4.69, 9.17) is 12.2 Å². The molecule has 0 atom stereocenters. The van der Waals surface area contributed by atoms with Crippen molar-refractivity contribution in [3.8, 4) is 0 Å². The first-order chi connectivity index (χ1) is 9.20. The number of nitrogens with zero attached hydrogens (tertiary/aromatic N) is 2. The molecule has 0 saturated heterocycles. The number of carbonyl (C=O) groups is 1. The van der Waals surface area contributed by atoms with Gasteiger partial charge in [0.05, 0.1) is 17.4 Å². The van der Waals surface area contributed by atoms with Crippen molar-refractivity contribution in [1.82, 2.24) is 25.7 Å². The van der Waals surface area contributed by atoms with Gasteiger partial charge in [0.1, 0.15) is 6.54 Å². The van der Waals surface area contributed by atoms with Crippen LogP contribution in [0, 0.1) is 0 Å². The Morgan fingerprint density at radius 3 is 2.95 bits per heavy atom. The molecular formula is C12H15N5OS. The zero-order valence-corrected chi connectivity index (χ0v) is 11.3. The van der Waals surface area contributed by atoms with Crippen molar-refractivity contribution >= 4 is 34.3 Å². The Morgan fingerprint density at radius 2 is 2.16 bits per heavy atom. The Labute approximate surface area is 116 Å². The summed E-state index contributed by atoms with van der Waals surface area (Å²) in [6, 6.07) is 7.65. The zero-order chi connectivity index (χ0) is 13.7. The minimum atomic E-state index is -0.191. The first kappa shape index (κ1) is 13.3. The molecule has 0 bridgehead atoms. The number of nitrogens with one attached hydrogen (secondary N) is 3. The van der Waals surface area contributed by atoms with Gasteiger partial charge >= 0.3 is 0 Å². The number of fused-ring (bicyclic) bond motifs is 1. The molecule has 2 aromatic rings. The Morgan fingerprint density at radius 1 is 1.37 bits per heavy atom. The molecule has 19 heavy (non-hydrogen) atoms. The van der Waals surface area contributed by atoms with E-state index in [1.165, 1.54) is 0 Å². The summed E-state index contributed by atoms with van der Waals surface area (Å²) < 4.78 is 1.78. The van der Waals surface area contributed by atoms with E-state index in [0.717, 1.165) is 11.0 Å². The third-order valence-electron chi connectivity index (χ3n) is 2.49. The molecule has 0 unspecified atom stereocenters. The van der Waals surface area contributed by atoms with Crippen molar-refractivity contribution in [2.75, 3.05) is 6.54 Å². The molecule has 6 nitrogen and oxygen atoms in total. The van der Waals surface area contributed by atoms with Crippen LogP contribution in [0.25, 0.3) is 11.0 Å². The van der Waals surface area contributed by atoms with Crippen molar-refractivity contribution in [3.63, 3.8) is 0 Å². The lowest BCUT2D eigenvalue weighted by atomic mass is 10.3. The molecule has 2 rings (SSSR count). The third kappa shape index (κ3) is 3.41. The number of hydrazine groups is 1. The van der Waals surface area contributed by atoms with Gasteiger partial charge in [-0.05, 0) is 31.3 Å². The zero-order valence-electron chi connectivity index (χ0n) is 10.5. The highest BCUT2D eigenvalue weighted by atomic mass is 32.1. The van der Waals surface area contributed by atoms with E-state index < -0.39 is 0 Å². The van der Waals surface area contributed by atoms with E-state index in [-0.39, 0.29) is 12.5 Å². The maximum Gasteiger partial charge on any atom is 0.258 e. The number of hydrogen-bond donors (Lipinski definition) is 3. The molecule has 0 fully saturated rings. The molecule has 3 N–H and O–H groups in total. The number of benzene rings is 1. The molecule has 7 heteroatoms. The summed E-state index contributed by atoms with van der Waals surface area (Å²) in [6.45, 7) is 2.81. The number of rotatable bonds is 3. The molecule has 100 valence electrons. The summed E-state index contributed by atoms with van der Waals surface area (Å²) in [4.78, 5) is 16.0. The Bertz CT molecular complexity index is 595. The van der Waals surface area contributed by atoms with Crippen LogP contribution in [0.4, 0.5) is 0 Å². The first-order valence-electron chi connectivity index (χ1n) is 5.93. The average Bonchev–Trinajstić information content (AvgIpc) is 2.80. The second-order valence-corrected chi connectivity index (χ2v) is 4.30. The van der Waals surface area contributed by atoms with Gasteiger partial charge in [0.25, 0.3) is 5.91 Å². The van der Waals surface area contributed by atoms with E-state index >= 15 is 0 Å². The average molecular weight is 277 g/mol. The number of carbonyl (C=O) groups excluding carboxylic acids is 1. The summed E-state index contributed by atoms with van der Waals surface area (Å²) >= 11 is 4.94. The van der Waals surface area contributed by atoms with Gasteiger partial charge in [-0.25, -0.2) is 4.98 Å². The van der Waals surface area contributed by atoms with Gasteiger partial charge in [-0.1, -0.05) is 12.1 Å². The Balaban J connectivity index is 1.94. The molecule has 0 aliphatic carbocycles.